The van der Waals surface area contributed by atoms with Gasteiger partial charge in [-0.1, -0.05) is 29.4 Å². The van der Waals surface area contributed by atoms with E-state index in [1.165, 1.54) is 23.1 Å². The van der Waals surface area contributed by atoms with Crippen LogP contribution in [-0.4, -0.2) is 28.1 Å². The number of hydrogen-bond acceptors (Lipinski definition) is 5. The Balaban J connectivity index is 2.13. The maximum Gasteiger partial charge on any atom is 0.233 e. The molecule has 26 heavy (non-hydrogen) atoms. The number of halogens is 1. The highest BCUT2D eigenvalue weighted by molar-refractivity contribution is 8.00. The van der Waals surface area contributed by atoms with E-state index in [-0.39, 0.29) is 11.7 Å². The number of pyridine rings is 1. The van der Waals surface area contributed by atoms with Crippen LogP contribution < -0.4 is 0 Å². The second-order valence-corrected chi connectivity index (χ2v) is 8.56. The number of amides is 1. The summed E-state index contributed by atoms with van der Waals surface area (Å²) in [7, 11) is 0. The molecule has 0 aliphatic rings. The molecule has 0 aromatic carbocycles. The van der Waals surface area contributed by atoms with Crippen LogP contribution in [0.2, 0.25) is 4.34 Å². The highest BCUT2D eigenvalue weighted by Gasteiger charge is 2.18. The van der Waals surface area contributed by atoms with Gasteiger partial charge in [0.05, 0.1) is 22.2 Å². The minimum atomic E-state index is -0.0269. The topological polar surface area (TPSA) is 57.0 Å². The first kappa shape index (κ1) is 20.5. The van der Waals surface area contributed by atoms with Gasteiger partial charge in [0, 0.05) is 17.1 Å². The third-order valence-corrected chi connectivity index (χ3v) is 6.26. The smallest absolute Gasteiger partial charge is 0.233 e. The number of carbonyl (C=O) groups is 1. The first-order chi connectivity index (χ1) is 12.4. The number of aryl methyl sites for hydroxylation is 1. The third-order valence-electron chi connectivity index (χ3n) is 4.09. The van der Waals surface area contributed by atoms with Crippen molar-refractivity contribution in [3.8, 4) is 6.07 Å². The van der Waals surface area contributed by atoms with Crippen LogP contribution in [0.25, 0.3) is 0 Å². The summed E-state index contributed by atoms with van der Waals surface area (Å²) in [5.41, 5.74) is 3.37. The zero-order valence-corrected chi connectivity index (χ0v) is 17.4. The Morgan fingerprint density at radius 3 is 2.73 bits per heavy atom. The van der Waals surface area contributed by atoms with Crippen molar-refractivity contribution < 1.29 is 4.79 Å². The minimum absolute atomic E-state index is 0.0269. The lowest BCUT2D eigenvalue weighted by Gasteiger charge is -2.20. The summed E-state index contributed by atoms with van der Waals surface area (Å²) in [5, 5.41) is 10.1. The molecular formula is C19H20ClN3OS2. The Hall–Kier alpha value is -1.81. The average Bonchev–Trinajstić information content (AvgIpc) is 3.02. The molecule has 136 valence electrons. The van der Waals surface area contributed by atoms with Gasteiger partial charge in [-0.25, -0.2) is 4.98 Å². The van der Waals surface area contributed by atoms with E-state index >= 15 is 0 Å². The van der Waals surface area contributed by atoms with Gasteiger partial charge in [0.25, 0.3) is 0 Å². The zero-order chi connectivity index (χ0) is 19.3. The molecule has 0 spiro atoms. The summed E-state index contributed by atoms with van der Waals surface area (Å²) < 4.78 is 0.703. The van der Waals surface area contributed by atoms with Crippen LogP contribution in [0.4, 0.5) is 0 Å². The van der Waals surface area contributed by atoms with Crippen LogP contribution in [0.3, 0.4) is 0 Å². The maximum atomic E-state index is 12.7. The highest BCUT2D eigenvalue weighted by atomic mass is 35.5. The standard InChI is InChI=1S/C19H20ClN3OS2/c1-5-8-23(10-15-6-7-17(20)26-15)18(24)11-25-19-16(9-21)13(3)12(2)14(4)22-19/h5-7H,1,8,10-11H2,2-4H3. The van der Waals surface area contributed by atoms with Crippen LogP contribution in [-0.2, 0) is 11.3 Å². The van der Waals surface area contributed by atoms with Gasteiger partial charge >= 0.3 is 0 Å². The second kappa shape index (κ2) is 9.22. The molecule has 0 aliphatic heterocycles. The monoisotopic (exact) mass is 405 g/mol. The number of carbonyl (C=O) groups excluding carboxylic acids is 1. The molecule has 4 nitrogen and oxygen atoms in total. The molecule has 0 radical (unpaired) electrons. The van der Waals surface area contributed by atoms with Crippen molar-refractivity contribution in [2.45, 2.75) is 32.3 Å². The number of aromatic nitrogens is 1. The molecule has 0 fully saturated rings. The largest absolute Gasteiger partial charge is 0.333 e. The Bertz CT molecular complexity index is 870. The number of nitrogens with zero attached hydrogens (tertiary/aromatic N) is 3. The summed E-state index contributed by atoms with van der Waals surface area (Å²) in [6.45, 7) is 10.5. The molecule has 1 amide bonds. The van der Waals surface area contributed by atoms with Crippen LogP contribution >= 0.6 is 34.7 Å². The zero-order valence-electron chi connectivity index (χ0n) is 15.0. The molecule has 7 heteroatoms. The maximum absolute atomic E-state index is 12.7. The minimum Gasteiger partial charge on any atom is -0.333 e. The fourth-order valence-corrected chi connectivity index (χ4v) is 4.49. The molecule has 0 N–H and O–H groups in total. The quantitative estimate of drug-likeness (QED) is 0.485. The summed E-state index contributed by atoms with van der Waals surface area (Å²) in [4.78, 5) is 19.9. The van der Waals surface area contributed by atoms with Gasteiger partial charge in [-0.3, -0.25) is 4.79 Å². The highest BCUT2D eigenvalue weighted by Crippen LogP contribution is 2.27. The Morgan fingerprint density at radius 2 is 2.15 bits per heavy atom. The number of thiophene rings is 1. The molecule has 2 heterocycles. The SMILES string of the molecule is C=CCN(Cc1ccc(Cl)s1)C(=O)CSc1nc(C)c(C)c(C)c1C#N. The van der Waals surface area contributed by atoms with Gasteiger partial charge in [-0.15, -0.1) is 17.9 Å². The van der Waals surface area contributed by atoms with Gasteiger partial charge in [0.1, 0.15) is 11.1 Å². The van der Waals surface area contributed by atoms with Crippen molar-refractivity contribution in [1.82, 2.24) is 9.88 Å². The molecule has 0 atom stereocenters. The lowest BCUT2D eigenvalue weighted by molar-refractivity contribution is -0.128. The van der Waals surface area contributed by atoms with Crippen LogP contribution in [0, 0.1) is 32.1 Å². The van der Waals surface area contributed by atoms with E-state index in [9.17, 15) is 10.1 Å². The van der Waals surface area contributed by atoms with Crippen molar-refractivity contribution in [2.24, 2.45) is 0 Å². The van der Waals surface area contributed by atoms with Crippen LogP contribution in [0.5, 0.6) is 0 Å². The van der Waals surface area contributed by atoms with E-state index in [0.717, 1.165) is 21.7 Å². The van der Waals surface area contributed by atoms with E-state index in [0.29, 0.717) is 28.0 Å². The van der Waals surface area contributed by atoms with Crippen LogP contribution in [0.1, 0.15) is 27.3 Å². The first-order valence-electron chi connectivity index (χ1n) is 8.01. The number of nitriles is 1. The van der Waals surface area contributed by atoms with Gasteiger partial charge < -0.3 is 4.90 Å². The van der Waals surface area contributed by atoms with E-state index in [1.807, 2.05) is 32.9 Å². The predicted molar refractivity (Wildman–Crippen MR) is 109 cm³/mol. The van der Waals surface area contributed by atoms with E-state index < -0.39 is 0 Å². The normalized spacial score (nSPS) is 10.4. The Labute approximate surface area is 167 Å². The summed E-state index contributed by atoms with van der Waals surface area (Å²) in [5.74, 6) is 0.192. The molecule has 0 bridgehead atoms. The molecule has 0 unspecified atom stereocenters. The van der Waals surface area contributed by atoms with E-state index in [1.54, 1.807) is 11.0 Å². The molecule has 0 saturated heterocycles. The van der Waals surface area contributed by atoms with E-state index in [4.69, 9.17) is 11.6 Å². The number of thioether (sulfide) groups is 1. The van der Waals surface area contributed by atoms with Crippen molar-refractivity contribution >= 4 is 40.6 Å². The number of rotatable bonds is 7. The lowest BCUT2D eigenvalue weighted by atomic mass is 10.1. The second-order valence-electron chi connectivity index (χ2n) is 5.80. The average molecular weight is 406 g/mol. The number of hydrogen-bond donors (Lipinski definition) is 0. The summed E-state index contributed by atoms with van der Waals surface area (Å²) in [6, 6.07) is 5.96. The van der Waals surface area contributed by atoms with Gasteiger partial charge in [0.2, 0.25) is 5.91 Å². The van der Waals surface area contributed by atoms with Crippen molar-refractivity contribution in [1.29, 1.82) is 5.26 Å². The molecule has 2 aromatic heterocycles. The van der Waals surface area contributed by atoms with Crippen molar-refractivity contribution in [3.05, 3.63) is 56.4 Å². The van der Waals surface area contributed by atoms with Crippen molar-refractivity contribution in [2.75, 3.05) is 12.3 Å². The van der Waals surface area contributed by atoms with Crippen LogP contribution in [0.15, 0.2) is 29.8 Å². The molecular weight excluding hydrogens is 386 g/mol. The van der Waals surface area contributed by atoms with Gasteiger partial charge in [-0.05, 0) is 44.0 Å². The molecule has 0 saturated carbocycles. The molecule has 2 aromatic rings. The Morgan fingerprint density at radius 1 is 1.42 bits per heavy atom. The predicted octanol–water partition coefficient (Wildman–Crippen LogP) is 4.90. The molecule has 2 rings (SSSR count). The van der Waals surface area contributed by atoms with Gasteiger partial charge in [0.15, 0.2) is 0 Å². The molecule has 0 aliphatic carbocycles. The fourth-order valence-electron chi connectivity index (χ4n) is 2.40. The first-order valence-corrected chi connectivity index (χ1v) is 10.2. The third kappa shape index (κ3) is 4.88. The van der Waals surface area contributed by atoms with E-state index in [2.05, 4.69) is 17.6 Å². The van der Waals surface area contributed by atoms with Crippen molar-refractivity contribution in [3.63, 3.8) is 0 Å². The lowest BCUT2D eigenvalue weighted by Crippen LogP contribution is -2.31. The fraction of sp³-hybridized carbons (Fsp3) is 0.316. The summed E-state index contributed by atoms with van der Waals surface area (Å²) >= 11 is 8.73. The summed E-state index contributed by atoms with van der Waals surface area (Å²) in [6.07, 6.45) is 1.71. The van der Waals surface area contributed by atoms with Gasteiger partial charge in [-0.2, -0.15) is 5.26 Å². The Kier molecular flexibility index (Phi) is 7.27.